The van der Waals surface area contributed by atoms with Gasteiger partial charge >= 0.3 is 6.18 Å². The van der Waals surface area contributed by atoms with Crippen LogP contribution in [0.25, 0.3) is 0 Å². The van der Waals surface area contributed by atoms with E-state index in [1.165, 1.54) is 11.2 Å². The second kappa shape index (κ2) is 11.7. The zero-order valence-electron chi connectivity index (χ0n) is 19.8. The Morgan fingerprint density at radius 3 is 2.23 bits per heavy atom. The number of furan rings is 1. The molecule has 0 aliphatic heterocycles. The van der Waals surface area contributed by atoms with Crippen LogP contribution in [-0.4, -0.2) is 40.7 Å². The van der Waals surface area contributed by atoms with Crippen molar-refractivity contribution in [3.05, 3.63) is 95.4 Å². The fourth-order valence-electron chi connectivity index (χ4n) is 3.65. The Labute approximate surface area is 203 Å². The van der Waals surface area contributed by atoms with Gasteiger partial charge in [0.2, 0.25) is 5.91 Å². The number of alkyl halides is 3. The molecule has 186 valence electrons. The average molecular weight is 487 g/mol. The average Bonchev–Trinajstić information content (AvgIpc) is 3.37. The monoisotopic (exact) mass is 486 g/mol. The summed E-state index contributed by atoms with van der Waals surface area (Å²) < 4.78 is 44.2. The summed E-state index contributed by atoms with van der Waals surface area (Å²) in [6, 6.07) is 17.1. The number of benzene rings is 2. The molecule has 0 saturated carbocycles. The van der Waals surface area contributed by atoms with Gasteiger partial charge in [-0.15, -0.1) is 0 Å². The number of hydrogen-bond acceptors (Lipinski definition) is 3. The van der Waals surface area contributed by atoms with Crippen LogP contribution in [0.2, 0.25) is 0 Å². The lowest BCUT2D eigenvalue weighted by Crippen LogP contribution is -2.46. The number of nitrogens with zero attached hydrogens (tertiary/aromatic N) is 2. The lowest BCUT2D eigenvalue weighted by molar-refractivity contribution is -0.137. The van der Waals surface area contributed by atoms with Crippen LogP contribution < -0.4 is 0 Å². The van der Waals surface area contributed by atoms with Crippen LogP contribution in [0, 0.1) is 0 Å². The lowest BCUT2D eigenvalue weighted by Gasteiger charge is -2.31. The first kappa shape index (κ1) is 26.1. The molecule has 1 atom stereocenters. The van der Waals surface area contributed by atoms with Crippen molar-refractivity contribution in [3.63, 3.8) is 0 Å². The molecule has 3 rings (SSSR count). The normalized spacial score (nSPS) is 12.3. The molecule has 1 heterocycles. The molecular weight excluding hydrogens is 457 g/mol. The molecule has 0 N–H and O–H groups in total. The maximum absolute atomic E-state index is 13.4. The third kappa shape index (κ3) is 7.21. The first-order valence-electron chi connectivity index (χ1n) is 11.5. The van der Waals surface area contributed by atoms with Gasteiger partial charge in [0.25, 0.3) is 5.91 Å². The number of carbonyl (C=O) groups is 2. The molecule has 8 heteroatoms. The highest BCUT2D eigenvalue weighted by Crippen LogP contribution is 2.29. The van der Waals surface area contributed by atoms with Gasteiger partial charge in [-0.3, -0.25) is 9.59 Å². The topological polar surface area (TPSA) is 53.8 Å². The van der Waals surface area contributed by atoms with E-state index < -0.39 is 17.6 Å². The van der Waals surface area contributed by atoms with Crippen molar-refractivity contribution in [1.29, 1.82) is 0 Å². The van der Waals surface area contributed by atoms with E-state index in [9.17, 15) is 22.8 Å². The number of amides is 2. The van der Waals surface area contributed by atoms with Crippen LogP contribution >= 0.6 is 0 Å². The highest BCUT2D eigenvalue weighted by atomic mass is 19.4. The standard InChI is InChI=1S/C27H29F3N2O3/c1-3-20(2)32(26(34)22-11-13-23(14-12-22)27(28,29)30)19-25(33)31(18-24-10-7-17-35-24)16-15-21-8-5-4-6-9-21/h4-14,17,20H,3,15-16,18-19H2,1-2H3. The van der Waals surface area contributed by atoms with E-state index in [0.717, 1.165) is 29.8 Å². The molecule has 0 spiro atoms. The van der Waals surface area contributed by atoms with Crippen molar-refractivity contribution >= 4 is 11.8 Å². The van der Waals surface area contributed by atoms with Gasteiger partial charge in [-0.1, -0.05) is 37.3 Å². The Morgan fingerprint density at radius 1 is 0.971 bits per heavy atom. The first-order chi connectivity index (χ1) is 16.7. The lowest BCUT2D eigenvalue weighted by atomic mass is 10.1. The van der Waals surface area contributed by atoms with Crippen molar-refractivity contribution in [1.82, 2.24) is 9.80 Å². The SMILES string of the molecule is CCC(C)N(CC(=O)N(CCc1ccccc1)Cc1ccco1)C(=O)c1ccc(C(F)(F)F)cc1. The summed E-state index contributed by atoms with van der Waals surface area (Å²) in [6.45, 7) is 4.19. The summed E-state index contributed by atoms with van der Waals surface area (Å²) in [5.74, 6) is -0.129. The van der Waals surface area contributed by atoms with Crippen LogP contribution in [0.4, 0.5) is 13.2 Å². The van der Waals surface area contributed by atoms with E-state index in [2.05, 4.69) is 0 Å². The Kier molecular flexibility index (Phi) is 8.73. The predicted octanol–water partition coefficient (Wildman–Crippen LogP) is 5.81. The highest BCUT2D eigenvalue weighted by Gasteiger charge is 2.31. The van der Waals surface area contributed by atoms with Gasteiger partial charge in [0.1, 0.15) is 12.3 Å². The van der Waals surface area contributed by atoms with Gasteiger partial charge in [-0.2, -0.15) is 13.2 Å². The zero-order chi connectivity index (χ0) is 25.4. The van der Waals surface area contributed by atoms with Crippen molar-refractivity contribution < 1.29 is 27.2 Å². The fraction of sp³-hybridized carbons (Fsp3) is 0.333. The van der Waals surface area contributed by atoms with Gasteiger partial charge in [-0.25, -0.2) is 0 Å². The second-order valence-electron chi connectivity index (χ2n) is 8.40. The first-order valence-corrected chi connectivity index (χ1v) is 11.5. The molecule has 0 bridgehead atoms. The number of carbonyl (C=O) groups excluding carboxylic acids is 2. The molecule has 0 aliphatic carbocycles. The molecule has 2 aromatic carbocycles. The van der Waals surface area contributed by atoms with E-state index in [1.54, 1.807) is 17.0 Å². The summed E-state index contributed by atoms with van der Waals surface area (Å²) in [5, 5.41) is 0. The molecule has 0 radical (unpaired) electrons. The van der Waals surface area contributed by atoms with Crippen LogP contribution in [-0.2, 0) is 23.9 Å². The zero-order valence-corrected chi connectivity index (χ0v) is 19.8. The van der Waals surface area contributed by atoms with Crippen molar-refractivity contribution in [2.24, 2.45) is 0 Å². The quantitative estimate of drug-likeness (QED) is 0.363. The maximum atomic E-state index is 13.4. The molecular formula is C27H29F3N2O3. The third-order valence-corrected chi connectivity index (χ3v) is 5.94. The number of hydrogen-bond donors (Lipinski definition) is 0. The summed E-state index contributed by atoms with van der Waals surface area (Å²) in [6.07, 6.45) is -1.74. The molecule has 0 aliphatic rings. The van der Waals surface area contributed by atoms with Gasteiger partial charge in [0.15, 0.2) is 0 Å². The van der Waals surface area contributed by atoms with E-state index in [-0.39, 0.29) is 30.6 Å². The largest absolute Gasteiger partial charge is 0.467 e. The van der Waals surface area contributed by atoms with Gasteiger partial charge < -0.3 is 14.2 Å². The molecule has 0 fully saturated rings. The Balaban J connectivity index is 1.78. The van der Waals surface area contributed by atoms with Crippen molar-refractivity contribution in [2.75, 3.05) is 13.1 Å². The van der Waals surface area contributed by atoms with Crippen LogP contribution in [0.1, 0.15) is 47.5 Å². The summed E-state index contributed by atoms with van der Waals surface area (Å²) in [4.78, 5) is 29.7. The van der Waals surface area contributed by atoms with Gasteiger partial charge in [0, 0.05) is 18.2 Å². The summed E-state index contributed by atoms with van der Waals surface area (Å²) in [7, 11) is 0. The number of halogens is 3. The molecule has 5 nitrogen and oxygen atoms in total. The Bertz CT molecular complexity index is 1080. The van der Waals surface area contributed by atoms with Gasteiger partial charge in [-0.05, 0) is 61.7 Å². The van der Waals surface area contributed by atoms with E-state index in [0.29, 0.717) is 25.1 Å². The predicted molar refractivity (Wildman–Crippen MR) is 127 cm³/mol. The molecule has 35 heavy (non-hydrogen) atoms. The Hall–Kier alpha value is -3.55. The van der Waals surface area contributed by atoms with E-state index in [4.69, 9.17) is 4.42 Å². The van der Waals surface area contributed by atoms with Crippen molar-refractivity contribution in [2.45, 2.75) is 45.5 Å². The van der Waals surface area contributed by atoms with Crippen LogP contribution in [0.5, 0.6) is 0 Å². The van der Waals surface area contributed by atoms with E-state index in [1.807, 2.05) is 44.2 Å². The molecule has 1 unspecified atom stereocenters. The van der Waals surface area contributed by atoms with Crippen LogP contribution in [0.15, 0.2) is 77.4 Å². The van der Waals surface area contributed by atoms with Crippen molar-refractivity contribution in [3.8, 4) is 0 Å². The summed E-state index contributed by atoms with van der Waals surface area (Å²) in [5.41, 5.74) is 0.350. The highest BCUT2D eigenvalue weighted by molar-refractivity contribution is 5.96. The smallest absolute Gasteiger partial charge is 0.416 e. The minimum absolute atomic E-state index is 0.105. The number of rotatable bonds is 10. The molecule has 3 aromatic rings. The summed E-state index contributed by atoms with van der Waals surface area (Å²) >= 11 is 0. The fourth-order valence-corrected chi connectivity index (χ4v) is 3.65. The minimum Gasteiger partial charge on any atom is -0.467 e. The van der Waals surface area contributed by atoms with Crippen LogP contribution in [0.3, 0.4) is 0 Å². The molecule has 2 amide bonds. The minimum atomic E-state index is -4.49. The third-order valence-electron chi connectivity index (χ3n) is 5.94. The second-order valence-corrected chi connectivity index (χ2v) is 8.40. The molecule has 1 aromatic heterocycles. The molecule has 0 saturated heterocycles. The maximum Gasteiger partial charge on any atom is 0.416 e. The van der Waals surface area contributed by atoms with E-state index >= 15 is 0 Å². The van der Waals surface area contributed by atoms with Gasteiger partial charge in [0.05, 0.1) is 18.4 Å². The Morgan fingerprint density at radius 2 is 1.66 bits per heavy atom.